The second-order valence-corrected chi connectivity index (χ2v) is 5.88. The lowest BCUT2D eigenvalue weighted by Gasteiger charge is -2.32. The molecule has 100 valence electrons. The summed E-state index contributed by atoms with van der Waals surface area (Å²) >= 11 is 0. The van der Waals surface area contributed by atoms with E-state index in [2.05, 4.69) is 17.6 Å². The van der Waals surface area contributed by atoms with Crippen LogP contribution in [0.15, 0.2) is 30.3 Å². The number of hydrogen-bond acceptors (Lipinski definition) is 1. The Hall–Kier alpha value is -1.51. The van der Waals surface area contributed by atoms with E-state index in [4.69, 9.17) is 0 Å². The summed E-state index contributed by atoms with van der Waals surface area (Å²) in [4.78, 5) is 12.0. The second kappa shape index (κ2) is 5.42. The summed E-state index contributed by atoms with van der Waals surface area (Å²) < 4.78 is 0. The molecule has 1 rings (SSSR count). The highest BCUT2D eigenvalue weighted by Crippen LogP contribution is 2.24. The first-order valence-electron chi connectivity index (χ1n) is 6.43. The number of urea groups is 1. The van der Waals surface area contributed by atoms with Crippen LogP contribution in [-0.2, 0) is 5.54 Å². The number of carbonyl (C=O) groups is 1. The van der Waals surface area contributed by atoms with Gasteiger partial charge in [0, 0.05) is 5.54 Å². The van der Waals surface area contributed by atoms with Gasteiger partial charge in [0.1, 0.15) is 0 Å². The van der Waals surface area contributed by atoms with Crippen LogP contribution in [0.5, 0.6) is 0 Å². The predicted molar refractivity (Wildman–Crippen MR) is 75.5 cm³/mol. The summed E-state index contributed by atoms with van der Waals surface area (Å²) in [5.74, 6) is 0. The smallest absolute Gasteiger partial charge is 0.315 e. The van der Waals surface area contributed by atoms with Crippen LogP contribution in [0, 0.1) is 0 Å². The molecule has 3 nitrogen and oxygen atoms in total. The molecule has 18 heavy (non-hydrogen) atoms. The van der Waals surface area contributed by atoms with Gasteiger partial charge in [0.2, 0.25) is 0 Å². The van der Waals surface area contributed by atoms with Crippen LogP contribution in [-0.4, -0.2) is 11.6 Å². The van der Waals surface area contributed by atoms with Crippen LogP contribution >= 0.6 is 0 Å². The quantitative estimate of drug-likeness (QED) is 0.845. The Morgan fingerprint density at radius 1 is 1.06 bits per heavy atom. The van der Waals surface area contributed by atoms with Gasteiger partial charge in [0.05, 0.1) is 5.54 Å². The lowest BCUT2D eigenvalue weighted by Crippen LogP contribution is -2.52. The Balaban J connectivity index is 2.81. The first-order chi connectivity index (χ1) is 8.27. The highest BCUT2D eigenvalue weighted by atomic mass is 16.2. The van der Waals surface area contributed by atoms with Gasteiger partial charge in [0.15, 0.2) is 0 Å². The predicted octanol–water partition coefficient (Wildman–Crippen LogP) is 3.41. The maximum Gasteiger partial charge on any atom is 0.315 e. The molecule has 0 saturated heterocycles. The van der Waals surface area contributed by atoms with Gasteiger partial charge in [-0.2, -0.15) is 0 Å². The molecule has 0 radical (unpaired) electrons. The first-order valence-corrected chi connectivity index (χ1v) is 6.43. The molecule has 0 bridgehead atoms. The van der Waals surface area contributed by atoms with Crippen molar-refractivity contribution in [3.63, 3.8) is 0 Å². The third-order valence-corrected chi connectivity index (χ3v) is 3.00. The highest BCUT2D eigenvalue weighted by molar-refractivity contribution is 5.75. The molecule has 0 saturated carbocycles. The number of benzene rings is 1. The van der Waals surface area contributed by atoms with E-state index >= 15 is 0 Å². The van der Waals surface area contributed by atoms with Crippen LogP contribution in [0.1, 0.15) is 46.6 Å². The molecule has 0 aliphatic carbocycles. The summed E-state index contributed by atoms with van der Waals surface area (Å²) in [7, 11) is 0. The fraction of sp³-hybridized carbons (Fsp3) is 0.533. The van der Waals surface area contributed by atoms with E-state index in [1.807, 2.05) is 58.0 Å². The Bertz CT molecular complexity index is 395. The molecule has 0 aliphatic rings. The van der Waals surface area contributed by atoms with Crippen molar-refractivity contribution in [2.75, 3.05) is 0 Å². The fourth-order valence-electron chi connectivity index (χ4n) is 1.79. The van der Waals surface area contributed by atoms with Gasteiger partial charge in [-0.1, -0.05) is 37.3 Å². The molecule has 0 spiro atoms. The van der Waals surface area contributed by atoms with Crippen LogP contribution in [0.3, 0.4) is 0 Å². The van der Waals surface area contributed by atoms with Gasteiger partial charge in [-0.25, -0.2) is 4.79 Å². The minimum Gasteiger partial charge on any atom is -0.334 e. The minimum atomic E-state index is -0.337. The van der Waals surface area contributed by atoms with Gasteiger partial charge >= 0.3 is 6.03 Å². The summed E-state index contributed by atoms with van der Waals surface area (Å²) in [6.45, 7) is 10.0. The Morgan fingerprint density at radius 2 is 1.61 bits per heavy atom. The molecule has 0 heterocycles. The molecule has 0 aliphatic heterocycles. The van der Waals surface area contributed by atoms with E-state index in [1.165, 1.54) is 0 Å². The average molecular weight is 248 g/mol. The molecule has 0 unspecified atom stereocenters. The van der Waals surface area contributed by atoms with E-state index < -0.39 is 0 Å². The average Bonchev–Trinajstić information content (AvgIpc) is 2.27. The maximum absolute atomic E-state index is 12.0. The van der Waals surface area contributed by atoms with E-state index in [-0.39, 0.29) is 17.1 Å². The van der Waals surface area contributed by atoms with Crippen molar-refractivity contribution in [2.45, 2.75) is 52.1 Å². The van der Waals surface area contributed by atoms with E-state index in [1.54, 1.807) is 0 Å². The molecule has 2 amide bonds. The summed E-state index contributed by atoms with van der Waals surface area (Å²) in [5.41, 5.74) is 0.558. The standard InChI is InChI=1S/C15H24N2O/c1-6-15(5,12-10-8-7-9-11-12)17-13(18)16-14(2,3)4/h7-11H,6H2,1-5H3,(H2,16,17,18)/t15-/m0/s1. The van der Waals surface area contributed by atoms with E-state index in [0.717, 1.165) is 12.0 Å². The van der Waals surface area contributed by atoms with Crippen LogP contribution in [0.4, 0.5) is 4.79 Å². The van der Waals surface area contributed by atoms with E-state index in [9.17, 15) is 4.79 Å². The fourth-order valence-corrected chi connectivity index (χ4v) is 1.79. The summed E-state index contributed by atoms with van der Waals surface area (Å²) in [6, 6.07) is 9.92. The normalized spacial score (nSPS) is 14.7. The zero-order chi connectivity index (χ0) is 13.8. The Labute approximate surface area is 110 Å². The maximum atomic E-state index is 12.0. The van der Waals surface area contributed by atoms with Gasteiger partial charge in [-0.15, -0.1) is 0 Å². The third kappa shape index (κ3) is 4.06. The second-order valence-electron chi connectivity index (χ2n) is 5.88. The molecule has 1 aromatic rings. The lowest BCUT2D eigenvalue weighted by molar-refractivity contribution is 0.217. The number of rotatable bonds is 3. The number of nitrogens with one attached hydrogen (secondary N) is 2. The van der Waals surface area contributed by atoms with Crippen molar-refractivity contribution >= 4 is 6.03 Å². The Kier molecular flexibility index (Phi) is 4.38. The zero-order valence-electron chi connectivity index (χ0n) is 12.0. The highest BCUT2D eigenvalue weighted by Gasteiger charge is 2.27. The van der Waals surface area contributed by atoms with E-state index in [0.29, 0.717) is 0 Å². The third-order valence-electron chi connectivity index (χ3n) is 3.00. The van der Waals surface area contributed by atoms with Gasteiger partial charge < -0.3 is 10.6 Å². The summed E-state index contributed by atoms with van der Waals surface area (Å²) in [6.07, 6.45) is 0.842. The van der Waals surface area contributed by atoms with Crippen molar-refractivity contribution < 1.29 is 4.79 Å². The minimum absolute atomic E-state index is 0.129. The van der Waals surface area contributed by atoms with Gasteiger partial charge in [0.25, 0.3) is 0 Å². The lowest BCUT2D eigenvalue weighted by atomic mass is 9.89. The number of hydrogen-bond donors (Lipinski definition) is 2. The van der Waals surface area contributed by atoms with Crippen molar-refractivity contribution in [1.29, 1.82) is 0 Å². The first kappa shape index (κ1) is 14.6. The van der Waals surface area contributed by atoms with Gasteiger partial charge in [-0.05, 0) is 39.7 Å². The monoisotopic (exact) mass is 248 g/mol. The van der Waals surface area contributed by atoms with Gasteiger partial charge in [-0.3, -0.25) is 0 Å². The molecular weight excluding hydrogens is 224 g/mol. The zero-order valence-corrected chi connectivity index (χ0v) is 12.0. The number of carbonyl (C=O) groups excluding carboxylic acids is 1. The SMILES string of the molecule is CC[C@](C)(NC(=O)NC(C)(C)C)c1ccccc1. The molecule has 1 atom stereocenters. The molecule has 1 aromatic carbocycles. The van der Waals surface area contributed by atoms with Crippen molar-refractivity contribution in [2.24, 2.45) is 0 Å². The molecule has 0 aromatic heterocycles. The largest absolute Gasteiger partial charge is 0.334 e. The molecular formula is C15H24N2O. The topological polar surface area (TPSA) is 41.1 Å². The number of amides is 2. The van der Waals surface area contributed by atoms with Crippen molar-refractivity contribution in [1.82, 2.24) is 10.6 Å². The van der Waals surface area contributed by atoms with Crippen molar-refractivity contribution in [3.8, 4) is 0 Å². The van der Waals surface area contributed by atoms with Crippen LogP contribution in [0.25, 0.3) is 0 Å². The van der Waals surface area contributed by atoms with Crippen molar-refractivity contribution in [3.05, 3.63) is 35.9 Å². The molecule has 0 fully saturated rings. The molecule has 2 N–H and O–H groups in total. The molecule has 3 heteroatoms. The van der Waals surface area contributed by atoms with Crippen LogP contribution in [0.2, 0.25) is 0 Å². The van der Waals surface area contributed by atoms with Crippen LogP contribution < -0.4 is 10.6 Å². The Morgan fingerprint density at radius 3 is 2.06 bits per heavy atom. The summed E-state index contributed by atoms with van der Waals surface area (Å²) in [5, 5.41) is 5.99.